The number of nitro groups is 1. The van der Waals surface area contributed by atoms with Gasteiger partial charge in [-0.05, 0) is 55.1 Å². The van der Waals surface area contributed by atoms with Crippen LogP contribution in [0.3, 0.4) is 0 Å². The van der Waals surface area contributed by atoms with Crippen molar-refractivity contribution >= 4 is 49.7 Å². The van der Waals surface area contributed by atoms with Crippen LogP contribution in [-0.4, -0.2) is 41.0 Å². The maximum absolute atomic E-state index is 12.5. The molecule has 0 aliphatic rings. The summed E-state index contributed by atoms with van der Waals surface area (Å²) < 4.78 is 13.3. The summed E-state index contributed by atoms with van der Waals surface area (Å²) in [5.74, 6) is 0.564. The Morgan fingerprint density at radius 3 is 2.56 bits per heavy atom. The first-order valence-electron chi connectivity index (χ1n) is 9.03. The number of hydrazone groups is 1. The molecule has 3 rings (SSSR count). The van der Waals surface area contributed by atoms with Crippen LogP contribution in [0.25, 0.3) is 0 Å². The van der Waals surface area contributed by atoms with Gasteiger partial charge < -0.3 is 9.47 Å². The van der Waals surface area contributed by atoms with E-state index in [0.29, 0.717) is 32.6 Å². The van der Waals surface area contributed by atoms with Crippen molar-refractivity contribution in [3.63, 3.8) is 0 Å². The van der Waals surface area contributed by atoms with Crippen molar-refractivity contribution in [2.45, 2.75) is 6.54 Å². The minimum atomic E-state index is -0.505. The van der Waals surface area contributed by atoms with Crippen LogP contribution in [0.1, 0.15) is 21.6 Å². The lowest BCUT2D eigenvalue weighted by Gasteiger charge is -2.10. The van der Waals surface area contributed by atoms with E-state index < -0.39 is 10.8 Å². The van der Waals surface area contributed by atoms with Gasteiger partial charge in [0.15, 0.2) is 17.2 Å². The molecule has 166 valence electrons. The number of aromatic nitrogens is 2. The number of hydrogen-bond acceptors (Lipinski definition) is 7. The largest absolute Gasteiger partial charge is 0.493 e. The van der Waals surface area contributed by atoms with E-state index in [1.165, 1.54) is 32.6 Å². The van der Waals surface area contributed by atoms with Crippen LogP contribution in [0.4, 0.5) is 5.69 Å². The number of carbonyl (C=O) groups is 1. The Balaban J connectivity index is 1.68. The Morgan fingerprint density at radius 2 is 1.94 bits per heavy atom. The third kappa shape index (κ3) is 5.51. The summed E-state index contributed by atoms with van der Waals surface area (Å²) in [6.45, 7) is 0.340. The summed E-state index contributed by atoms with van der Waals surface area (Å²) in [6, 6.07) is 9.60. The number of carbonyl (C=O) groups excluding carboxylic acids is 1. The number of ether oxygens (including phenoxy) is 2. The van der Waals surface area contributed by atoms with Gasteiger partial charge in [-0.25, -0.2) is 5.43 Å². The molecule has 0 fully saturated rings. The van der Waals surface area contributed by atoms with Gasteiger partial charge in [-0.1, -0.05) is 12.1 Å². The van der Waals surface area contributed by atoms with E-state index in [2.05, 4.69) is 47.5 Å². The van der Waals surface area contributed by atoms with Crippen molar-refractivity contribution in [3.8, 4) is 11.5 Å². The van der Waals surface area contributed by atoms with Gasteiger partial charge >= 0.3 is 0 Å². The fourth-order valence-electron chi connectivity index (χ4n) is 2.77. The monoisotopic (exact) mass is 565 g/mol. The number of hydrogen-bond donors (Lipinski definition) is 1. The summed E-state index contributed by atoms with van der Waals surface area (Å²) in [5, 5.41) is 19.0. The first kappa shape index (κ1) is 23.4. The standard InChI is InChI=1S/C20H17Br2N5O5/c1-31-17-8-13(7-15(21)19(17)32-2)9-23-24-20(28)18-16(22)11-26(25-18)10-12-3-5-14(6-4-12)27(29)30/h3-9,11H,10H2,1-2H3,(H,24,28)/b23-9+. The summed E-state index contributed by atoms with van der Waals surface area (Å²) in [4.78, 5) is 22.8. The zero-order valence-corrected chi connectivity index (χ0v) is 20.1. The third-order valence-corrected chi connectivity index (χ3v) is 5.43. The molecule has 32 heavy (non-hydrogen) atoms. The first-order chi connectivity index (χ1) is 15.3. The summed E-state index contributed by atoms with van der Waals surface area (Å²) in [6.07, 6.45) is 3.11. The Morgan fingerprint density at radius 1 is 1.22 bits per heavy atom. The normalized spacial score (nSPS) is 10.9. The van der Waals surface area contributed by atoms with Gasteiger partial charge in [0, 0.05) is 18.3 Å². The quantitative estimate of drug-likeness (QED) is 0.248. The third-order valence-electron chi connectivity index (χ3n) is 4.26. The Kier molecular flexibility index (Phi) is 7.59. The average Bonchev–Trinajstić information content (AvgIpc) is 3.13. The molecule has 0 radical (unpaired) electrons. The van der Waals surface area contributed by atoms with Gasteiger partial charge in [-0.15, -0.1) is 0 Å². The smallest absolute Gasteiger partial charge is 0.293 e. The highest BCUT2D eigenvalue weighted by atomic mass is 79.9. The lowest BCUT2D eigenvalue weighted by Crippen LogP contribution is -2.19. The number of nitrogens with one attached hydrogen (secondary N) is 1. The molecule has 0 bridgehead atoms. The van der Waals surface area contributed by atoms with Crippen LogP contribution >= 0.6 is 31.9 Å². The molecule has 12 heteroatoms. The van der Waals surface area contributed by atoms with Crippen molar-refractivity contribution < 1.29 is 19.2 Å². The summed E-state index contributed by atoms with van der Waals surface area (Å²) >= 11 is 6.72. The van der Waals surface area contributed by atoms with Gasteiger partial charge in [-0.3, -0.25) is 19.6 Å². The Bertz CT molecular complexity index is 1180. The number of nitrogens with zero attached hydrogens (tertiary/aromatic N) is 4. The van der Waals surface area contributed by atoms with E-state index in [4.69, 9.17) is 9.47 Å². The van der Waals surface area contributed by atoms with Crippen LogP contribution < -0.4 is 14.9 Å². The molecule has 0 aliphatic carbocycles. The van der Waals surface area contributed by atoms with Crippen molar-refractivity contribution in [2.75, 3.05) is 14.2 Å². The molecule has 0 atom stereocenters. The number of benzene rings is 2. The molecule has 0 unspecified atom stereocenters. The van der Waals surface area contributed by atoms with E-state index in [0.717, 1.165) is 5.56 Å². The number of methoxy groups -OCH3 is 2. The van der Waals surface area contributed by atoms with Crippen molar-refractivity contribution in [1.82, 2.24) is 15.2 Å². The minimum absolute atomic E-state index is 0.00911. The molecule has 0 aliphatic heterocycles. The first-order valence-corrected chi connectivity index (χ1v) is 10.6. The molecule has 10 nitrogen and oxygen atoms in total. The Hall–Kier alpha value is -3.25. The number of non-ortho nitro benzene ring substituents is 1. The van der Waals surface area contributed by atoms with E-state index >= 15 is 0 Å². The zero-order chi connectivity index (χ0) is 23.3. The molecular formula is C20H17Br2N5O5. The van der Waals surface area contributed by atoms with Gasteiger partial charge in [-0.2, -0.15) is 10.2 Å². The van der Waals surface area contributed by atoms with E-state index in [1.54, 1.807) is 35.1 Å². The number of nitro benzene ring substituents is 1. The molecule has 0 saturated heterocycles. The van der Waals surface area contributed by atoms with Crippen LogP contribution in [0.5, 0.6) is 11.5 Å². The lowest BCUT2D eigenvalue weighted by molar-refractivity contribution is -0.384. The highest BCUT2D eigenvalue weighted by Gasteiger charge is 2.15. The number of halogens is 2. The van der Waals surface area contributed by atoms with Gasteiger partial charge in [0.1, 0.15) is 0 Å². The molecule has 2 aromatic carbocycles. The fourth-order valence-corrected chi connectivity index (χ4v) is 3.89. The molecule has 1 heterocycles. The maximum atomic E-state index is 12.5. The van der Waals surface area contributed by atoms with Crippen molar-refractivity contribution in [3.05, 3.63) is 78.5 Å². The molecule has 1 aromatic heterocycles. The molecule has 1 amide bonds. The van der Waals surface area contributed by atoms with Crippen LogP contribution in [0, 0.1) is 10.1 Å². The second-order valence-electron chi connectivity index (χ2n) is 6.38. The fraction of sp³-hybridized carbons (Fsp3) is 0.150. The second-order valence-corrected chi connectivity index (χ2v) is 8.09. The number of amides is 1. The van der Waals surface area contributed by atoms with E-state index in [1.807, 2.05) is 0 Å². The molecule has 1 N–H and O–H groups in total. The minimum Gasteiger partial charge on any atom is -0.493 e. The van der Waals surface area contributed by atoms with Gasteiger partial charge in [0.05, 0.1) is 40.8 Å². The number of rotatable bonds is 8. The van der Waals surface area contributed by atoms with Crippen LogP contribution in [0.15, 0.2) is 56.6 Å². The molecule has 3 aromatic rings. The van der Waals surface area contributed by atoms with Gasteiger partial charge in [0.25, 0.3) is 11.6 Å². The second kappa shape index (κ2) is 10.4. The zero-order valence-electron chi connectivity index (χ0n) is 16.9. The van der Waals surface area contributed by atoms with E-state index in [-0.39, 0.29) is 11.4 Å². The van der Waals surface area contributed by atoms with Crippen LogP contribution in [0.2, 0.25) is 0 Å². The Labute approximate surface area is 199 Å². The van der Waals surface area contributed by atoms with Crippen molar-refractivity contribution in [2.24, 2.45) is 5.10 Å². The molecule has 0 spiro atoms. The summed E-state index contributed by atoms with van der Waals surface area (Å²) in [5.41, 5.74) is 4.07. The van der Waals surface area contributed by atoms with Crippen molar-refractivity contribution in [1.29, 1.82) is 0 Å². The van der Waals surface area contributed by atoms with Crippen LogP contribution in [-0.2, 0) is 6.54 Å². The maximum Gasteiger partial charge on any atom is 0.293 e. The summed E-state index contributed by atoms with van der Waals surface area (Å²) in [7, 11) is 3.06. The predicted octanol–water partition coefficient (Wildman–Crippen LogP) is 4.15. The topological polar surface area (TPSA) is 121 Å². The lowest BCUT2D eigenvalue weighted by atomic mass is 10.2. The SMILES string of the molecule is COc1cc(/C=N/NC(=O)c2nn(Cc3ccc([N+](=O)[O-])cc3)cc2Br)cc(Br)c1OC. The predicted molar refractivity (Wildman–Crippen MR) is 124 cm³/mol. The van der Waals surface area contributed by atoms with Gasteiger partial charge in [0.2, 0.25) is 0 Å². The highest BCUT2D eigenvalue weighted by Crippen LogP contribution is 2.35. The molecular weight excluding hydrogens is 550 g/mol. The van der Waals surface area contributed by atoms with E-state index in [9.17, 15) is 14.9 Å². The highest BCUT2D eigenvalue weighted by molar-refractivity contribution is 9.10. The average molecular weight is 567 g/mol. The molecule has 0 saturated carbocycles.